The summed E-state index contributed by atoms with van der Waals surface area (Å²) < 4.78 is 4.52. The van der Waals surface area contributed by atoms with Gasteiger partial charge in [-0.1, -0.05) is 0 Å². The van der Waals surface area contributed by atoms with E-state index in [1.807, 2.05) is 0 Å². The molecule has 0 saturated heterocycles. The highest BCUT2D eigenvalue weighted by atomic mass is 16.5. The molecule has 96 valence electrons. The SMILES string of the molecule is COC(=O)C[C@@H](C)NC(=O)/C=C\c1ccncc1. The molecule has 18 heavy (non-hydrogen) atoms. The van der Waals surface area contributed by atoms with Crippen molar-refractivity contribution >= 4 is 18.0 Å². The van der Waals surface area contributed by atoms with Crippen molar-refractivity contribution in [2.45, 2.75) is 19.4 Å². The molecule has 0 aliphatic carbocycles. The first kappa shape index (κ1) is 13.9. The fourth-order valence-corrected chi connectivity index (χ4v) is 1.32. The molecule has 1 atom stereocenters. The minimum atomic E-state index is -0.346. The largest absolute Gasteiger partial charge is 0.469 e. The van der Waals surface area contributed by atoms with E-state index in [9.17, 15) is 9.59 Å². The average Bonchev–Trinajstić information content (AvgIpc) is 2.37. The van der Waals surface area contributed by atoms with Crippen LogP contribution in [0.2, 0.25) is 0 Å². The van der Waals surface area contributed by atoms with Crippen molar-refractivity contribution in [1.29, 1.82) is 0 Å². The third-order valence-corrected chi connectivity index (χ3v) is 2.22. The first-order valence-electron chi connectivity index (χ1n) is 5.57. The number of hydrogen-bond donors (Lipinski definition) is 1. The Bertz CT molecular complexity index is 429. The van der Waals surface area contributed by atoms with Crippen LogP contribution in [-0.4, -0.2) is 30.0 Å². The smallest absolute Gasteiger partial charge is 0.307 e. The predicted octanol–water partition coefficient (Wildman–Crippen LogP) is 1.16. The molecule has 1 N–H and O–H groups in total. The third-order valence-electron chi connectivity index (χ3n) is 2.22. The summed E-state index contributed by atoms with van der Waals surface area (Å²) >= 11 is 0. The van der Waals surface area contributed by atoms with Crippen LogP contribution in [0.3, 0.4) is 0 Å². The predicted molar refractivity (Wildman–Crippen MR) is 67.5 cm³/mol. The summed E-state index contributed by atoms with van der Waals surface area (Å²) in [7, 11) is 1.32. The lowest BCUT2D eigenvalue weighted by molar-refractivity contribution is -0.141. The van der Waals surface area contributed by atoms with Crippen LogP contribution in [0.1, 0.15) is 18.9 Å². The number of ether oxygens (including phenoxy) is 1. The fraction of sp³-hybridized carbons (Fsp3) is 0.308. The molecule has 0 unspecified atom stereocenters. The minimum absolute atomic E-state index is 0.158. The second-order valence-corrected chi connectivity index (χ2v) is 3.80. The Morgan fingerprint density at radius 3 is 2.72 bits per heavy atom. The number of nitrogens with zero attached hydrogens (tertiary/aromatic N) is 1. The highest BCUT2D eigenvalue weighted by Gasteiger charge is 2.10. The maximum atomic E-state index is 11.5. The van der Waals surface area contributed by atoms with Crippen molar-refractivity contribution < 1.29 is 14.3 Å². The van der Waals surface area contributed by atoms with Gasteiger partial charge in [0.25, 0.3) is 0 Å². The van der Waals surface area contributed by atoms with Crippen molar-refractivity contribution in [3.63, 3.8) is 0 Å². The van der Waals surface area contributed by atoms with E-state index < -0.39 is 0 Å². The van der Waals surface area contributed by atoms with Gasteiger partial charge in [0.2, 0.25) is 5.91 Å². The molecule has 0 aromatic carbocycles. The van der Waals surface area contributed by atoms with Crippen LogP contribution in [0.15, 0.2) is 30.6 Å². The number of aromatic nitrogens is 1. The van der Waals surface area contributed by atoms with Gasteiger partial charge < -0.3 is 10.1 Å². The highest BCUT2D eigenvalue weighted by Crippen LogP contribution is 1.99. The van der Waals surface area contributed by atoms with E-state index in [1.54, 1.807) is 37.5 Å². The van der Waals surface area contributed by atoms with Gasteiger partial charge in [0.15, 0.2) is 0 Å². The number of carbonyl (C=O) groups excluding carboxylic acids is 2. The monoisotopic (exact) mass is 248 g/mol. The number of methoxy groups -OCH3 is 1. The zero-order valence-corrected chi connectivity index (χ0v) is 10.4. The second kappa shape index (κ2) is 7.21. The lowest BCUT2D eigenvalue weighted by Gasteiger charge is -2.10. The molecule has 0 fully saturated rings. The highest BCUT2D eigenvalue weighted by molar-refractivity contribution is 5.92. The zero-order chi connectivity index (χ0) is 13.4. The standard InChI is InChI=1S/C13H16N2O3/c1-10(9-13(17)18-2)15-12(16)4-3-11-5-7-14-8-6-11/h3-8,10H,9H2,1-2H3,(H,15,16)/b4-3-/t10-/m1/s1. The van der Waals surface area contributed by atoms with E-state index >= 15 is 0 Å². The van der Waals surface area contributed by atoms with Gasteiger partial charge in [-0.2, -0.15) is 0 Å². The Hall–Kier alpha value is -2.17. The quantitative estimate of drug-likeness (QED) is 0.627. The fourth-order valence-electron chi connectivity index (χ4n) is 1.32. The van der Waals surface area contributed by atoms with E-state index in [0.717, 1.165) is 5.56 Å². The number of hydrogen-bond acceptors (Lipinski definition) is 4. The summed E-state index contributed by atoms with van der Waals surface area (Å²) in [5.74, 6) is -0.593. The molecule has 0 aliphatic heterocycles. The summed E-state index contributed by atoms with van der Waals surface area (Å²) in [6.07, 6.45) is 6.56. The summed E-state index contributed by atoms with van der Waals surface area (Å²) in [6, 6.07) is 3.33. The van der Waals surface area contributed by atoms with Crippen LogP contribution in [0.5, 0.6) is 0 Å². The van der Waals surface area contributed by atoms with E-state index in [0.29, 0.717) is 0 Å². The topological polar surface area (TPSA) is 68.3 Å². The zero-order valence-electron chi connectivity index (χ0n) is 10.4. The molecule has 5 heteroatoms. The Morgan fingerprint density at radius 2 is 2.11 bits per heavy atom. The maximum Gasteiger partial charge on any atom is 0.307 e. The lowest BCUT2D eigenvalue weighted by Crippen LogP contribution is -2.33. The number of esters is 1. The molecule has 0 radical (unpaired) electrons. The van der Waals surface area contributed by atoms with Gasteiger partial charge in [0.1, 0.15) is 0 Å². The Morgan fingerprint density at radius 1 is 1.44 bits per heavy atom. The Balaban J connectivity index is 2.42. The summed E-state index contributed by atoms with van der Waals surface area (Å²) in [5, 5.41) is 2.67. The molecular formula is C13H16N2O3. The summed E-state index contributed by atoms with van der Waals surface area (Å²) in [4.78, 5) is 26.4. The van der Waals surface area contributed by atoms with Crippen LogP contribution in [0.4, 0.5) is 0 Å². The number of pyridine rings is 1. The molecular weight excluding hydrogens is 232 g/mol. The number of carbonyl (C=O) groups is 2. The molecule has 1 aromatic rings. The lowest BCUT2D eigenvalue weighted by atomic mass is 10.2. The second-order valence-electron chi connectivity index (χ2n) is 3.80. The van der Waals surface area contributed by atoms with Crippen molar-refractivity contribution in [2.75, 3.05) is 7.11 Å². The van der Waals surface area contributed by atoms with Gasteiger partial charge in [-0.15, -0.1) is 0 Å². The van der Waals surface area contributed by atoms with Crippen LogP contribution in [-0.2, 0) is 14.3 Å². The van der Waals surface area contributed by atoms with Gasteiger partial charge in [0.05, 0.1) is 13.5 Å². The van der Waals surface area contributed by atoms with Crippen molar-refractivity contribution in [1.82, 2.24) is 10.3 Å². The molecule has 1 heterocycles. The van der Waals surface area contributed by atoms with E-state index in [2.05, 4.69) is 15.0 Å². The maximum absolute atomic E-state index is 11.5. The molecule has 0 saturated carbocycles. The number of amides is 1. The number of rotatable bonds is 5. The van der Waals surface area contributed by atoms with Crippen molar-refractivity contribution in [3.05, 3.63) is 36.2 Å². The molecule has 5 nitrogen and oxygen atoms in total. The van der Waals surface area contributed by atoms with Gasteiger partial charge in [0, 0.05) is 24.5 Å². The average molecular weight is 248 g/mol. The van der Waals surface area contributed by atoms with Gasteiger partial charge >= 0.3 is 5.97 Å². The van der Waals surface area contributed by atoms with E-state index in [1.165, 1.54) is 13.2 Å². The van der Waals surface area contributed by atoms with E-state index in [-0.39, 0.29) is 24.3 Å². The molecule has 0 spiro atoms. The normalized spacial score (nSPS) is 12.1. The molecule has 1 rings (SSSR count). The van der Waals surface area contributed by atoms with Crippen molar-refractivity contribution in [2.24, 2.45) is 0 Å². The Labute approximate surface area is 106 Å². The molecule has 0 bridgehead atoms. The van der Waals surface area contributed by atoms with Crippen LogP contribution >= 0.6 is 0 Å². The van der Waals surface area contributed by atoms with Crippen LogP contribution < -0.4 is 5.32 Å². The third kappa shape index (κ3) is 5.25. The Kier molecular flexibility index (Phi) is 5.57. The molecule has 0 aliphatic rings. The number of nitrogens with one attached hydrogen (secondary N) is 1. The first-order valence-corrected chi connectivity index (χ1v) is 5.57. The molecule has 1 aromatic heterocycles. The minimum Gasteiger partial charge on any atom is -0.469 e. The first-order chi connectivity index (χ1) is 8.61. The molecule has 1 amide bonds. The van der Waals surface area contributed by atoms with Gasteiger partial charge in [-0.3, -0.25) is 14.6 Å². The van der Waals surface area contributed by atoms with Crippen LogP contribution in [0, 0.1) is 0 Å². The summed E-state index contributed by atoms with van der Waals surface area (Å²) in [5.41, 5.74) is 0.890. The van der Waals surface area contributed by atoms with Gasteiger partial charge in [-0.05, 0) is 30.7 Å². The van der Waals surface area contributed by atoms with Crippen LogP contribution in [0.25, 0.3) is 6.08 Å². The van der Waals surface area contributed by atoms with Gasteiger partial charge in [-0.25, -0.2) is 0 Å². The summed E-state index contributed by atoms with van der Waals surface area (Å²) in [6.45, 7) is 1.75. The van der Waals surface area contributed by atoms with Crippen molar-refractivity contribution in [3.8, 4) is 0 Å². The van der Waals surface area contributed by atoms with E-state index in [4.69, 9.17) is 0 Å².